The fraction of sp³-hybridized carbons (Fsp3) is 0.412. The third kappa shape index (κ3) is 3.83. The maximum Gasteiger partial charge on any atom is 0.273 e. The van der Waals surface area contributed by atoms with E-state index in [1.165, 1.54) is 0 Å². The molecule has 0 spiro atoms. The Morgan fingerprint density at radius 3 is 2.96 bits per heavy atom. The largest absolute Gasteiger partial charge is 0.377 e. The third-order valence-corrected chi connectivity index (χ3v) is 4.11. The summed E-state index contributed by atoms with van der Waals surface area (Å²) in [7, 11) is 1.63. The van der Waals surface area contributed by atoms with Crippen LogP contribution in [-0.2, 0) is 24.4 Å². The number of nitrogens with zero attached hydrogens (tertiary/aromatic N) is 5. The number of carbonyl (C=O) groups excluding carboxylic acids is 1. The molecule has 3 heterocycles. The van der Waals surface area contributed by atoms with Crippen LogP contribution in [0.15, 0.2) is 29.2 Å². The van der Waals surface area contributed by atoms with Crippen LogP contribution in [0.3, 0.4) is 0 Å². The van der Waals surface area contributed by atoms with Gasteiger partial charge in [0.1, 0.15) is 18.2 Å². The van der Waals surface area contributed by atoms with Gasteiger partial charge in [0, 0.05) is 50.0 Å². The summed E-state index contributed by atoms with van der Waals surface area (Å²) < 4.78 is 14.1. The van der Waals surface area contributed by atoms with Crippen LogP contribution in [0.2, 0.25) is 0 Å². The lowest BCUT2D eigenvalue weighted by atomic mass is 10.2. The molecule has 0 radical (unpaired) electrons. The van der Waals surface area contributed by atoms with Gasteiger partial charge in [-0.3, -0.25) is 9.48 Å². The van der Waals surface area contributed by atoms with Crippen LogP contribution in [-0.4, -0.2) is 44.0 Å². The van der Waals surface area contributed by atoms with E-state index >= 15 is 0 Å². The Balaban J connectivity index is 1.63. The fourth-order valence-electron chi connectivity index (χ4n) is 2.74. The Hall–Kier alpha value is -2.94. The summed E-state index contributed by atoms with van der Waals surface area (Å²) in [6.07, 6.45) is 5.31. The number of methoxy groups -OCH3 is 1. The van der Waals surface area contributed by atoms with Crippen LogP contribution in [0, 0.1) is 13.8 Å². The number of aromatic nitrogens is 5. The normalized spacial score (nSPS) is 11.0. The summed E-state index contributed by atoms with van der Waals surface area (Å²) >= 11 is 0. The van der Waals surface area contributed by atoms with Crippen molar-refractivity contribution >= 4 is 5.91 Å². The van der Waals surface area contributed by atoms with E-state index in [0.29, 0.717) is 32.0 Å². The number of carbonyl (C=O) groups is 1. The SMILES string of the molecule is COCc1ncc(C)n1CCNC(=O)c1noc(C)c1Cn1cccn1. The summed E-state index contributed by atoms with van der Waals surface area (Å²) in [5.41, 5.74) is 2.03. The molecule has 0 aliphatic carbocycles. The molecular formula is C17H22N6O3. The number of nitrogens with one attached hydrogen (secondary N) is 1. The Bertz CT molecular complexity index is 865. The smallest absolute Gasteiger partial charge is 0.273 e. The van der Waals surface area contributed by atoms with Gasteiger partial charge in [-0.15, -0.1) is 0 Å². The Kier molecular flexibility index (Phi) is 5.47. The molecule has 0 unspecified atom stereocenters. The first-order valence-electron chi connectivity index (χ1n) is 8.31. The van der Waals surface area contributed by atoms with E-state index in [2.05, 4.69) is 20.6 Å². The zero-order valence-corrected chi connectivity index (χ0v) is 15.1. The number of rotatable bonds is 8. The lowest BCUT2D eigenvalue weighted by Crippen LogP contribution is -2.29. The minimum atomic E-state index is -0.268. The number of ether oxygens (including phenoxy) is 1. The van der Waals surface area contributed by atoms with Crippen molar-refractivity contribution in [3.05, 3.63) is 53.2 Å². The number of hydrogen-bond acceptors (Lipinski definition) is 6. The van der Waals surface area contributed by atoms with Gasteiger partial charge in [0.25, 0.3) is 5.91 Å². The van der Waals surface area contributed by atoms with Crippen LogP contribution < -0.4 is 5.32 Å². The maximum atomic E-state index is 12.5. The molecule has 0 aromatic carbocycles. The molecule has 0 bridgehead atoms. The lowest BCUT2D eigenvalue weighted by Gasteiger charge is -2.10. The molecule has 9 nitrogen and oxygen atoms in total. The monoisotopic (exact) mass is 358 g/mol. The standard InChI is InChI=1S/C17H22N6O3/c1-12-9-19-15(11-25-3)23(12)8-6-18-17(24)16-14(13(2)26-21-16)10-22-7-4-5-20-22/h4-5,7,9H,6,8,10-11H2,1-3H3,(H,18,24). The second-order valence-electron chi connectivity index (χ2n) is 5.93. The summed E-state index contributed by atoms with van der Waals surface area (Å²) in [4.78, 5) is 16.8. The molecule has 3 aromatic rings. The highest BCUT2D eigenvalue weighted by atomic mass is 16.5. The van der Waals surface area contributed by atoms with Gasteiger partial charge in [0.2, 0.25) is 0 Å². The molecule has 1 N–H and O–H groups in total. The van der Waals surface area contributed by atoms with Crippen molar-refractivity contribution < 1.29 is 14.1 Å². The summed E-state index contributed by atoms with van der Waals surface area (Å²) in [5, 5.41) is 11.0. The highest BCUT2D eigenvalue weighted by Gasteiger charge is 2.20. The molecule has 0 fully saturated rings. The van der Waals surface area contributed by atoms with Gasteiger partial charge in [-0.1, -0.05) is 5.16 Å². The minimum absolute atomic E-state index is 0.268. The molecule has 9 heteroatoms. The van der Waals surface area contributed by atoms with Crippen LogP contribution in [0.4, 0.5) is 0 Å². The first-order valence-corrected chi connectivity index (χ1v) is 8.31. The van der Waals surface area contributed by atoms with E-state index in [-0.39, 0.29) is 11.6 Å². The Morgan fingerprint density at radius 2 is 2.23 bits per heavy atom. The predicted molar refractivity (Wildman–Crippen MR) is 92.6 cm³/mol. The molecule has 138 valence electrons. The zero-order chi connectivity index (χ0) is 18.5. The van der Waals surface area contributed by atoms with Gasteiger partial charge in [-0.2, -0.15) is 5.10 Å². The van der Waals surface area contributed by atoms with E-state index < -0.39 is 0 Å². The van der Waals surface area contributed by atoms with Crippen molar-refractivity contribution in [3.63, 3.8) is 0 Å². The van der Waals surface area contributed by atoms with Crippen molar-refractivity contribution in [2.75, 3.05) is 13.7 Å². The highest BCUT2D eigenvalue weighted by Crippen LogP contribution is 2.14. The van der Waals surface area contributed by atoms with E-state index in [0.717, 1.165) is 17.1 Å². The van der Waals surface area contributed by atoms with Crippen molar-refractivity contribution in [1.29, 1.82) is 0 Å². The summed E-state index contributed by atoms with van der Waals surface area (Å²) in [6, 6.07) is 1.83. The summed E-state index contributed by atoms with van der Waals surface area (Å²) in [6.45, 7) is 5.66. The van der Waals surface area contributed by atoms with E-state index in [4.69, 9.17) is 9.26 Å². The van der Waals surface area contributed by atoms with Crippen molar-refractivity contribution in [1.82, 2.24) is 29.8 Å². The molecule has 0 aliphatic heterocycles. The molecular weight excluding hydrogens is 336 g/mol. The maximum absolute atomic E-state index is 12.5. The first-order chi connectivity index (χ1) is 12.6. The number of amides is 1. The topological polar surface area (TPSA) is 100 Å². The molecule has 1 amide bonds. The van der Waals surface area contributed by atoms with Crippen molar-refractivity contribution in [2.24, 2.45) is 0 Å². The van der Waals surface area contributed by atoms with Crippen molar-refractivity contribution in [2.45, 2.75) is 33.5 Å². The van der Waals surface area contributed by atoms with Gasteiger partial charge in [0.15, 0.2) is 5.69 Å². The van der Waals surface area contributed by atoms with Crippen LogP contribution in [0.1, 0.15) is 33.3 Å². The molecule has 3 aromatic heterocycles. The Labute approximate surface area is 151 Å². The molecule has 0 saturated heterocycles. The molecule has 0 aliphatic rings. The second-order valence-corrected chi connectivity index (χ2v) is 5.93. The van der Waals surface area contributed by atoms with Gasteiger partial charge in [-0.05, 0) is 19.9 Å². The third-order valence-electron chi connectivity index (χ3n) is 4.11. The summed E-state index contributed by atoms with van der Waals surface area (Å²) in [5.74, 6) is 1.17. The number of imidazole rings is 1. The molecule has 3 rings (SSSR count). The minimum Gasteiger partial charge on any atom is -0.377 e. The quantitative estimate of drug-likeness (QED) is 0.652. The average Bonchev–Trinajstić information content (AvgIpc) is 3.33. The lowest BCUT2D eigenvalue weighted by molar-refractivity contribution is 0.0941. The molecule has 0 saturated carbocycles. The van der Waals surface area contributed by atoms with Gasteiger partial charge >= 0.3 is 0 Å². The van der Waals surface area contributed by atoms with E-state index in [1.54, 1.807) is 31.1 Å². The predicted octanol–water partition coefficient (Wildman–Crippen LogP) is 1.31. The van der Waals surface area contributed by atoms with E-state index in [9.17, 15) is 4.79 Å². The molecule has 26 heavy (non-hydrogen) atoms. The van der Waals surface area contributed by atoms with Gasteiger partial charge in [-0.25, -0.2) is 4.98 Å². The van der Waals surface area contributed by atoms with Crippen LogP contribution in [0.5, 0.6) is 0 Å². The average molecular weight is 358 g/mol. The molecule has 0 atom stereocenters. The van der Waals surface area contributed by atoms with Gasteiger partial charge in [0.05, 0.1) is 6.54 Å². The van der Waals surface area contributed by atoms with Gasteiger partial charge < -0.3 is 19.1 Å². The first kappa shape index (κ1) is 17.9. The Morgan fingerprint density at radius 1 is 1.38 bits per heavy atom. The fourth-order valence-corrected chi connectivity index (χ4v) is 2.74. The zero-order valence-electron chi connectivity index (χ0n) is 15.1. The van der Waals surface area contributed by atoms with Crippen molar-refractivity contribution in [3.8, 4) is 0 Å². The second kappa shape index (κ2) is 7.96. The highest BCUT2D eigenvalue weighted by molar-refractivity contribution is 5.93. The number of hydrogen-bond donors (Lipinski definition) is 1. The van der Waals surface area contributed by atoms with Crippen LogP contribution in [0.25, 0.3) is 0 Å². The number of aryl methyl sites for hydroxylation is 2. The van der Waals surface area contributed by atoms with E-state index in [1.807, 2.05) is 23.8 Å². The van der Waals surface area contributed by atoms with Crippen LogP contribution >= 0.6 is 0 Å².